The van der Waals surface area contributed by atoms with E-state index in [-0.39, 0.29) is 28.8 Å². The molecule has 2 aromatic carbocycles. The standard InChI is InChI=1S/C18H25N3O2S.C6H4Cl2/c1-13(2)15-16(22)21(12-14-6-4-3-5-7-14)18(19-15)8-10-20(11-9-18)17(23)24;7-5-1-2-6(8)4-3-5/h3-7,13,15,19H,8-12H2,1-2H3,(H,23,24);1-4H. The molecule has 32 heavy (non-hydrogen) atoms. The molecule has 1 spiro atoms. The van der Waals surface area contributed by atoms with Crippen molar-refractivity contribution in [2.45, 2.75) is 44.9 Å². The van der Waals surface area contributed by atoms with Gasteiger partial charge in [0.05, 0.1) is 11.7 Å². The Labute approximate surface area is 205 Å². The largest absolute Gasteiger partial charge is 0.334 e. The van der Waals surface area contributed by atoms with Gasteiger partial charge in [-0.2, -0.15) is 0 Å². The summed E-state index contributed by atoms with van der Waals surface area (Å²) in [6, 6.07) is 16.9. The van der Waals surface area contributed by atoms with Crippen LogP contribution in [0.1, 0.15) is 32.3 Å². The van der Waals surface area contributed by atoms with Crippen LogP contribution in [0.2, 0.25) is 10.0 Å². The van der Waals surface area contributed by atoms with Crippen LogP contribution in [0.3, 0.4) is 0 Å². The minimum atomic E-state index is -0.360. The number of piperidine rings is 1. The Morgan fingerprint density at radius 3 is 2.06 bits per heavy atom. The van der Waals surface area contributed by atoms with Crippen LogP contribution in [0, 0.1) is 5.92 Å². The zero-order valence-corrected chi connectivity index (χ0v) is 20.7. The van der Waals surface area contributed by atoms with Gasteiger partial charge in [0, 0.05) is 42.5 Å². The first-order chi connectivity index (χ1) is 15.2. The van der Waals surface area contributed by atoms with Gasteiger partial charge in [0.1, 0.15) is 0 Å². The molecule has 2 saturated heterocycles. The van der Waals surface area contributed by atoms with Crippen molar-refractivity contribution >= 4 is 47.0 Å². The summed E-state index contributed by atoms with van der Waals surface area (Å²) in [5, 5.41) is 4.84. The van der Waals surface area contributed by atoms with Crippen LogP contribution < -0.4 is 5.32 Å². The number of thiol groups is 1. The van der Waals surface area contributed by atoms with Crippen LogP contribution in [0.5, 0.6) is 0 Å². The molecule has 2 aliphatic rings. The molecule has 4 rings (SSSR count). The third kappa shape index (κ3) is 5.98. The second kappa shape index (κ2) is 10.9. The van der Waals surface area contributed by atoms with Gasteiger partial charge in [0.2, 0.25) is 5.91 Å². The summed E-state index contributed by atoms with van der Waals surface area (Å²) in [7, 11) is 0. The Kier molecular flexibility index (Phi) is 8.50. The molecule has 2 heterocycles. The van der Waals surface area contributed by atoms with Crippen molar-refractivity contribution in [3.8, 4) is 0 Å². The first-order valence-electron chi connectivity index (χ1n) is 10.7. The Morgan fingerprint density at radius 1 is 1.06 bits per heavy atom. The van der Waals surface area contributed by atoms with Crippen LogP contribution >= 0.6 is 35.8 Å². The molecule has 1 N–H and O–H groups in total. The van der Waals surface area contributed by atoms with E-state index in [0.29, 0.717) is 19.6 Å². The van der Waals surface area contributed by atoms with E-state index in [4.69, 9.17) is 23.2 Å². The van der Waals surface area contributed by atoms with E-state index in [1.54, 1.807) is 29.2 Å². The number of rotatable bonds is 3. The third-order valence-corrected chi connectivity index (χ3v) is 6.77. The number of nitrogens with zero attached hydrogens (tertiary/aromatic N) is 2. The number of hydrogen-bond acceptors (Lipinski definition) is 3. The predicted octanol–water partition coefficient (Wildman–Crippen LogP) is 5.48. The summed E-state index contributed by atoms with van der Waals surface area (Å²) in [6.07, 6.45) is 1.47. The van der Waals surface area contributed by atoms with Crippen molar-refractivity contribution in [1.82, 2.24) is 15.1 Å². The van der Waals surface area contributed by atoms with E-state index in [1.807, 2.05) is 23.1 Å². The summed E-state index contributed by atoms with van der Waals surface area (Å²) < 4.78 is 0. The van der Waals surface area contributed by atoms with E-state index >= 15 is 0 Å². The molecule has 0 radical (unpaired) electrons. The molecule has 1 unspecified atom stereocenters. The highest BCUT2D eigenvalue weighted by Gasteiger charge is 2.52. The zero-order chi connectivity index (χ0) is 23.3. The maximum Gasteiger partial charge on any atom is 0.278 e. The van der Waals surface area contributed by atoms with Crippen LogP contribution in [0.4, 0.5) is 4.79 Å². The lowest BCUT2D eigenvalue weighted by molar-refractivity contribution is -0.134. The second-order valence-corrected chi connectivity index (χ2v) is 9.77. The summed E-state index contributed by atoms with van der Waals surface area (Å²) in [5.74, 6) is 0.402. The first-order valence-corrected chi connectivity index (χ1v) is 11.9. The van der Waals surface area contributed by atoms with Gasteiger partial charge in [-0.15, -0.1) is 0 Å². The summed E-state index contributed by atoms with van der Waals surface area (Å²) >= 11 is 15.0. The zero-order valence-electron chi connectivity index (χ0n) is 18.3. The number of carbonyl (C=O) groups is 2. The van der Waals surface area contributed by atoms with Gasteiger partial charge < -0.3 is 9.80 Å². The van der Waals surface area contributed by atoms with Gasteiger partial charge in [-0.05, 0) is 35.7 Å². The normalized spacial score (nSPS) is 19.8. The lowest BCUT2D eigenvalue weighted by atomic mass is 9.95. The molecule has 2 aliphatic heterocycles. The Balaban J connectivity index is 0.000000305. The Bertz CT molecular complexity index is 896. The van der Waals surface area contributed by atoms with Crippen molar-refractivity contribution in [2.75, 3.05) is 13.1 Å². The quantitative estimate of drug-likeness (QED) is 0.556. The smallest absolute Gasteiger partial charge is 0.278 e. The maximum absolute atomic E-state index is 13.0. The lowest BCUT2D eigenvalue weighted by Crippen LogP contribution is -2.59. The molecule has 0 bridgehead atoms. The van der Waals surface area contributed by atoms with E-state index in [0.717, 1.165) is 28.5 Å². The van der Waals surface area contributed by atoms with Crippen molar-refractivity contribution in [3.63, 3.8) is 0 Å². The van der Waals surface area contributed by atoms with E-state index in [1.165, 1.54) is 0 Å². The molecule has 2 aromatic rings. The molecule has 0 aliphatic carbocycles. The summed E-state index contributed by atoms with van der Waals surface area (Å²) in [5.41, 5.74) is 0.769. The average molecular weight is 494 g/mol. The number of hydrogen-bond donors (Lipinski definition) is 2. The molecule has 172 valence electrons. The number of nitrogens with one attached hydrogen (secondary N) is 1. The Morgan fingerprint density at radius 2 is 1.59 bits per heavy atom. The van der Waals surface area contributed by atoms with E-state index in [2.05, 4.69) is 43.9 Å². The van der Waals surface area contributed by atoms with Crippen LogP contribution in [0.15, 0.2) is 54.6 Å². The van der Waals surface area contributed by atoms with Gasteiger partial charge in [-0.1, -0.05) is 80.0 Å². The molecule has 2 amide bonds. The van der Waals surface area contributed by atoms with Gasteiger partial charge in [0.15, 0.2) is 0 Å². The highest BCUT2D eigenvalue weighted by atomic mass is 35.5. The second-order valence-electron chi connectivity index (χ2n) is 8.51. The van der Waals surface area contributed by atoms with Gasteiger partial charge in [-0.25, -0.2) is 0 Å². The third-order valence-electron chi connectivity index (χ3n) is 5.99. The summed E-state index contributed by atoms with van der Waals surface area (Å²) in [4.78, 5) is 28.2. The van der Waals surface area contributed by atoms with Crippen molar-refractivity contribution < 1.29 is 9.59 Å². The number of carbonyl (C=O) groups excluding carboxylic acids is 2. The number of likely N-dealkylation sites (tertiary alicyclic amines) is 1. The van der Waals surface area contributed by atoms with Crippen LogP contribution in [-0.4, -0.2) is 45.7 Å². The van der Waals surface area contributed by atoms with E-state index < -0.39 is 0 Å². The molecular formula is C24H29Cl2N3O2S. The molecule has 2 fully saturated rings. The lowest BCUT2D eigenvalue weighted by Gasteiger charge is -2.44. The van der Waals surface area contributed by atoms with Gasteiger partial charge >= 0.3 is 0 Å². The summed E-state index contributed by atoms with van der Waals surface area (Å²) in [6.45, 7) is 5.99. The number of amides is 2. The average Bonchev–Trinajstić information content (AvgIpc) is 3.04. The SMILES string of the molecule is CC(C)C1NC2(CCN(C(=O)S)CC2)N(Cc2ccccc2)C1=O.Clc1ccc(Cl)cc1. The molecule has 8 heteroatoms. The van der Waals surface area contributed by atoms with Gasteiger partial charge in [-0.3, -0.25) is 14.9 Å². The first kappa shape index (κ1) is 24.9. The van der Waals surface area contributed by atoms with E-state index in [9.17, 15) is 9.59 Å². The molecule has 1 atom stereocenters. The molecule has 0 saturated carbocycles. The minimum absolute atomic E-state index is 0.160. The van der Waals surface area contributed by atoms with Crippen molar-refractivity contribution in [3.05, 3.63) is 70.2 Å². The van der Waals surface area contributed by atoms with Crippen molar-refractivity contribution in [2.24, 2.45) is 5.92 Å². The highest BCUT2D eigenvalue weighted by molar-refractivity contribution is 7.96. The molecule has 5 nitrogen and oxygen atoms in total. The maximum atomic E-state index is 13.0. The molecular weight excluding hydrogens is 465 g/mol. The fraction of sp³-hybridized carbons (Fsp3) is 0.417. The minimum Gasteiger partial charge on any atom is -0.334 e. The number of benzene rings is 2. The van der Waals surface area contributed by atoms with Gasteiger partial charge in [0.25, 0.3) is 5.24 Å². The number of halogens is 2. The fourth-order valence-corrected chi connectivity index (χ4v) is 4.62. The monoisotopic (exact) mass is 493 g/mol. The van der Waals surface area contributed by atoms with Crippen LogP contribution in [-0.2, 0) is 11.3 Å². The highest BCUT2D eigenvalue weighted by Crippen LogP contribution is 2.35. The van der Waals surface area contributed by atoms with Crippen molar-refractivity contribution in [1.29, 1.82) is 0 Å². The Hall–Kier alpha value is -1.73. The topological polar surface area (TPSA) is 52.7 Å². The van der Waals surface area contributed by atoms with Crippen LogP contribution in [0.25, 0.3) is 0 Å². The predicted molar refractivity (Wildman–Crippen MR) is 133 cm³/mol. The fourth-order valence-electron chi connectivity index (χ4n) is 4.17. The molecule has 0 aromatic heterocycles.